The van der Waals surface area contributed by atoms with E-state index in [1.165, 1.54) is 17.0 Å². The number of halogens is 1. The fraction of sp³-hybridized carbons (Fsp3) is 0.579. The lowest BCUT2D eigenvalue weighted by molar-refractivity contribution is -0.902. The van der Waals surface area contributed by atoms with Crippen molar-refractivity contribution in [2.45, 2.75) is 19.8 Å². The van der Waals surface area contributed by atoms with Crippen LogP contribution in [0.4, 0.5) is 4.39 Å². The van der Waals surface area contributed by atoms with Gasteiger partial charge >= 0.3 is 0 Å². The van der Waals surface area contributed by atoms with Crippen LogP contribution in [0, 0.1) is 11.7 Å². The van der Waals surface area contributed by atoms with Crippen molar-refractivity contribution < 1.29 is 18.9 Å². The summed E-state index contributed by atoms with van der Waals surface area (Å²) in [6.45, 7) is 7.95. The molecule has 0 unspecified atom stereocenters. The molecule has 3 rings (SSSR count). The van der Waals surface area contributed by atoms with Crippen LogP contribution < -0.4 is 4.90 Å². The Morgan fingerprint density at radius 1 is 1.24 bits per heavy atom. The van der Waals surface area contributed by atoms with Gasteiger partial charge in [0.05, 0.1) is 38.6 Å². The molecule has 0 bridgehead atoms. The highest BCUT2D eigenvalue weighted by atomic mass is 19.1. The van der Waals surface area contributed by atoms with E-state index in [0.717, 1.165) is 38.3 Å². The van der Waals surface area contributed by atoms with Crippen LogP contribution in [0.2, 0.25) is 0 Å². The summed E-state index contributed by atoms with van der Waals surface area (Å²) in [7, 11) is 0. The van der Waals surface area contributed by atoms with Crippen molar-refractivity contribution in [1.82, 2.24) is 9.80 Å². The van der Waals surface area contributed by atoms with E-state index in [0.29, 0.717) is 25.9 Å². The average molecular weight is 348 g/mol. The molecule has 0 aliphatic carbocycles. The molecule has 136 valence electrons. The number of rotatable bonds is 5. The van der Waals surface area contributed by atoms with E-state index in [9.17, 15) is 14.0 Å². The number of carbonyl (C=O) groups is 2. The van der Waals surface area contributed by atoms with Crippen LogP contribution >= 0.6 is 0 Å². The van der Waals surface area contributed by atoms with Gasteiger partial charge in [0, 0.05) is 19.5 Å². The Morgan fingerprint density at radius 2 is 1.92 bits per heavy atom. The van der Waals surface area contributed by atoms with E-state index < -0.39 is 0 Å². The van der Waals surface area contributed by atoms with Gasteiger partial charge in [0.1, 0.15) is 5.82 Å². The third-order valence-electron chi connectivity index (χ3n) is 5.43. The van der Waals surface area contributed by atoms with E-state index in [2.05, 4.69) is 6.92 Å². The zero-order chi connectivity index (χ0) is 17.8. The molecule has 2 aliphatic heterocycles. The second-order valence-electron chi connectivity index (χ2n) is 7.05. The Kier molecular flexibility index (Phi) is 5.68. The minimum atomic E-state index is -0.253. The summed E-state index contributed by atoms with van der Waals surface area (Å²) < 4.78 is 12.9. The number of likely N-dealkylation sites (N-methyl/N-ethyl adjacent to an activating group) is 1. The quantitative estimate of drug-likeness (QED) is 0.812. The summed E-state index contributed by atoms with van der Waals surface area (Å²) >= 11 is 0. The molecule has 2 amide bonds. The Hall–Kier alpha value is -1.95. The molecular formula is C19H27FN3O2+. The lowest BCUT2D eigenvalue weighted by Gasteiger charge is -2.33. The van der Waals surface area contributed by atoms with Gasteiger partial charge in [-0.1, -0.05) is 12.1 Å². The number of quaternary nitrogens is 1. The van der Waals surface area contributed by atoms with Gasteiger partial charge in [0.25, 0.3) is 0 Å². The fourth-order valence-corrected chi connectivity index (χ4v) is 3.72. The Balaban J connectivity index is 1.50. The van der Waals surface area contributed by atoms with Gasteiger partial charge < -0.3 is 14.7 Å². The molecular weight excluding hydrogens is 321 g/mol. The molecule has 2 fully saturated rings. The number of benzene rings is 1. The highest BCUT2D eigenvalue weighted by Crippen LogP contribution is 2.21. The average Bonchev–Trinajstić information content (AvgIpc) is 3.01. The number of piperazine rings is 1. The zero-order valence-electron chi connectivity index (χ0n) is 14.8. The summed E-state index contributed by atoms with van der Waals surface area (Å²) in [4.78, 5) is 30.2. The van der Waals surface area contributed by atoms with Gasteiger partial charge in [-0.15, -0.1) is 0 Å². The molecule has 0 aromatic heterocycles. The molecule has 2 aliphatic rings. The summed E-state index contributed by atoms with van der Waals surface area (Å²) in [6, 6.07) is 6.36. The monoisotopic (exact) mass is 348 g/mol. The second kappa shape index (κ2) is 7.95. The van der Waals surface area contributed by atoms with Crippen LogP contribution in [0.15, 0.2) is 24.3 Å². The summed E-state index contributed by atoms with van der Waals surface area (Å²) in [5.74, 6) is -0.272. The number of carbonyl (C=O) groups excluding carboxylic acids is 2. The van der Waals surface area contributed by atoms with E-state index in [4.69, 9.17) is 0 Å². The van der Waals surface area contributed by atoms with E-state index >= 15 is 0 Å². The van der Waals surface area contributed by atoms with Gasteiger partial charge in [-0.25, -0.2) is 4.39 Å². The minimum absolute atomic E-state index is 0.0540. The first-order chi connectivity index (χ1) is 12.1. The molecule has 1 N–H and O–H groups in total. The maximum Gasteiger partial charge on any atom is 0.228 e. The van der Waals surface area contributed by atoms with Gasteiger partial charge in [-0.3, -0.25) is 9.59 Å². The van der Waals surface area contributed by atoms with Crippen LogP contribution in [-0.4, -0.2) is 67.4 Å². The van der Waals surface area contributed by atoms with Gasteiger partial charge in [-0.2, -0.15) is 0 Å². The number of hydrogen-bond acceptors (Lipinski definition) is 2. The smallest absolute Gasteiger partial charge is 0.228 e. The summed E-state index contributed by atoms with van der Waals surface area (Å²) in [6.07, 6.45) is 1.01. The highest BCUT2D eigenvalue weighted by molar-refractivity contribution is 5.89. The molecule has 2 heterocycles. The first kappa shape index (κ1) is 17.9. The Morgan fingerprint density at radius 3 is 2.56 bits per heavy atom. The van der Waals surface area contributed by atoms with Crippen molar-refractivity contribution in [1.29, 1.82) is 0 Å². The maximum absolute atomic E-state index is 12.9. The topological polar surface area (TPSA) is 45.1 Å². The third-order valence-corrected chi connectivity index (χ3v) is 5.43. The molecule has 5 nitrogen and oxygen atoms in total. The second-order valence-corrected chi connectivity index (χ2v) is 7.05. The van der Waals surface area contributed by atoms with Crippen LogP contribution in [-0.2, 0) is 16.0 Å². The number of hydrogen-bond donors (Lipinski definition) is 1. The van der Waals surface area contributed by atoms with Crippen molar-refractivity contribution in [3.63, 3.8) is 0 Å². The summed E-state index contributed by atoms with van der Waals surface area (Å²) in [5.41, 5.74) is 1.00. The first-order valence-electron chi connectivity index (χ1n) is 9.21. The van der Waals surface area contributed by atoms with E-state index in [-0.39, 0.29) is 23.5 Å². The predicted octanol–water partition coefficient (Wildman–Crippen LogP) is -0.0363. The van der Waals surface area contributed by atoms with Crippen LogP contribution in [0.3, 0.4) is 0 Å². The normalized spacial score (nSPS) is 21.8. The van der Waals surface area contributed by atoms with Crippen molar-refractivity contribution >= 4 is 11.8 Å². The van der Waals surface area contributed by atoms with Crippen molar-refractivity contribution in [3.05, 3.63) is 35.6 Å². The molecule has 0 radical (unpaired) electrons. The molecule has 0 spiro atoms. The van der Waals surface area contributed by atoms with Crippen molar-refractivity contribution in [3.8, 4) is 0 Å². The standard InChI is InChI=1S/C19H26FN3O2/c1-2-21-9-11-22(12-10-21)19(25)16-13-18(24)23(14-16)8-7-15-3-5-17(20)6-4-15/h3-6,16H,2,7-14H2,1H3/p+1/t16-/m1/s1. The predicted molar refractivity (Wildman–Crippen MR) is 92.6 cm³/mol. The lowest BCUT2D eigenvalue weighted by Crippen LogP contribution is -3.14. The molecule has 1 aromatic carbocycles. The van der Waals surface area contributed by atoms with Gasteiger partial charge in [0.2, 0.25) is 11.8 Å². The van der Waals surface area contributed by atoms with E-state index in [1.54, 1.807) is 17.0 Å². The largest absolute Gasteiger partial charge is 0.342 e. The minimum Gasteiger partial charge on any atom is -0.342 e. The van der Waals surface area contributed by atoms with Crippen LogP contribution in [0.1, 0.15) is 18.9 Å². The SMILES string of the molecule is CC[NH+]1CCN(C(=O)[C@@H]2CC(=O)N(CCc3ccc(F)cc3)C2)CC1. The van der Waals surface area contributed by atoms with Gasteiger partial charge in [0.15, 0.2) is 0 Å². The highest BCUT2D eigenvalue weighted by Gasteiger charge is 2.37. The number of nitrogens with one attached hydrogen (secondary N) is 1. The van der Waals surface area contributed by atoms with Crippen molar-refractivity contribution in [2.24, 2.45) is 5.92 Å². The Labute approximate surface area is 148 Å². The van der Waals surface area contributed by atoms with Crippen molar-refractivity contribution in [2.75, 3.05) is 45.8 Å². The van der Waals surface area contributed by atoms with E-state index in [1.807, 2.05) is 4.90 Å². The molecule has 6 heteroatoms. The third kappa shape index (κ3) is 4.37. The zero-order valence-corrected chi connectivity index (χ0v) is 14.8. The number of likely N-dealkylation sites (tertiary alicyclic amines) is 1. The molecule has 1 atom stereocenters. The number of nitrogens with zero attached hydrogens (tertiary/aromatic N) is 2. The van der Waals surface area contributed by atoms with Crippen LogP contribution in [0.25, 0.3) is 0 Å². The molecule has 25 heavy (non-hydrogen) atoms. The Bertz CT molecular complexity index is 612. The maximum atomic E-state index is 12.9. The number of amides is 2. The molecule has 0 saturated carbocycles. The lowest BCUT2D eigenvalue weighted by atomic mass is 10.1. The van der Waals surface area contributed by atoms with Gasteiger partial charge in [-0.05, 0) is 31.0 Å². The van der Waals surface area contributed by atoms with Crippen LogP contribution in [0.5, 0.6) is 0 Å². The molecule has 2 saturated heterocycles. The molecule has 1 aromatic rings. The fourth-order valence-electron chi connectivity index (χ4n) is 3.72. The first-order valence-corrected chi connectivity index (χ1v) is 9.21. The summed E-state index contributed by atoms with van der Waals surface area (Å²) in [5, 5.41) is 0.